The summed E-state index contributed by atoms with van der Waals surface area (Å²) in [6.45, 7) is 6.29. The first-order valence-electron chi connectivity index (χ1n) is 20.9. The van der Waals surface area contributed by atoms with Crippen molar-refractivity contribution in [2.45, 2.75) is 187 Å². The molecule has 0 bridgehead atoms. The Bertz CT molecular complexity index is 1020. The van der Waals surface area contributed by atoms with Crippen LogP contribution in [0.2, 0.25) is 0 Å². The van der Waals surface area contributed by atoms with Gasteiger partial charge in [-0.1, -0.05) is 158 Å². The molecule has 0 radical (unpaired) electrons. The van der Waals surface area contributed by atoms with Crippen molar-refractivity contribution < 1.29 is 28.6 Å². The Kier molecular flexibility index (Phi) is 38.2. The van der Waals surface area contributed by atoms with Gasteiger partial charge in [-0.25, -0.2) is 0 Å². The van der Waals surface area contributed by atoms with Gasteiger partial charge >= 0.3 is 17.9 Å². The Labute approximate surface area is 319 Å². The monoisotopic (exact) mass is 725 g/mol. The van der Waals surface area contributed by atoms with Crippen molar-refractivity contribution in [1.82, 2.24) is 0 Å². The van der Waals surface area contributed by atoms with Crippen LogP contribution in [0.4, 0.5) is 0 Å². The number of allylic oxidation sites excluding steroid dienone is 11. The van der Waals surface area contributed by atoms with Crippen molar-refractivity contribution in [3.63, 3.8) is 0 Å². The largest absolute Gasteiger partial charge is 0.462 e. The number of esters is 3. The van der Waals surface area contributed by atoms with E-state index >= 15 is 0 Å². The van der Waals surface area contributed by atoms with Gasteiger partial charge in [0.05, 0.1) is 6.42 Å². The van der Waals surface area contributed by atoms with Crippen LogP contribution in [0.5, 0.6) is 0 Å². The third-order valence-corrected chi connectivity index (χ3v) is 8.46. The predicted molar refractivity (Wildman–Crippen MR) is 219 cm³/mol. The van der Waals surface area contributed by atoms with Gasteiger partial charge in [0.15, 0.2) is 6.10 Å². The summed E-state index contributed by atoms with van der Waals surface area (Å²) in [5, 5.41) is 0. The first-order chi connectivity index (χ1) is 25.5. The fourth-order valence-electron chi connectivity index (χ4n) is 5.31. The second-order valence-corrected chi connectivity index (χ2v) is 13.5. The van der Waals surface area contributed by atoms with Crippen LogP contribution in [0.1, 0.15) is 181 Å². The number of carbonyl (C=O) groups is 3. The summed E-state index contributed by atoms with van der Waals surface area (Å²) in [7, 11) is 0. The Morgan fingerprint density at radius 2 is 0.865 bits per heavy atom. The molecule has 0 amide bonds. The van der Waals surface area contributed by atoms with Crippen molar-refractivity contribution in [1.29, 1.82) is 0 Å². The molecule has 0 aromatic rings. The number of carbonyl (C=O) groups excluding carboxylic acids is 3. The highest BCUT2D eigenvalue weighted by atomic mass is 16.6. The quantitative estimate of drug-likeness (QED) is 0.0277. The Morgan fingerprint density at radius 1 is 0.423 bits per heavy atom. The normalized spacial score (nSPS) is 12.8. The molecule has 0 aromatic heterocycles. The molecule has 0 rings (SSSR count). The van der Waals surface area contributed by atoms with Gasteiger partial charge in [0, 0.05) is 12.8 Å². The van der Waals surface area contributed by atoms with Crippen LogP contribution in [0.15, 0.2) is 72.9 Å². The Morgan fingerprint density at radius 3 is 1.48 bits per heavy atom. The van der Waals surface area contributed by atoms with E-state index < -0.39 is 12.1 Å². The smallest absolute Gasteiger partial charge is 0.309 e. The molecular weight excluding hydrogens is 649 g/mol. The van der Waals surface area contributed by atoms with Crippen LogP contribution in [-0.2, 0) is 28.6 Å². The lowest BCUT2D eigenvalue weighted by Crippen LogP contribution is -2.30. The molecule has 0 saturated carbocycles. The van der Waals surface area contributed by atoms with E-state index in [2.05, 4.69) is 75.5 Å². The number of unbranched alkanes of at least 4 members (excludes halogenated alkanes) is 14. The van der Waals surface area contributed by atoms with Gasteiger partial charge < -0.3 is 14.2 Å². The first kappa shape index (κ1) is 48.9. The van der Waals surface area contributed by atoms with E-state index in [1.54, 1.807) is 6.08 Å². The van der Waals surface area contributed by atoms with Crippen molar-refractivity contribution in [3.05, 3.63) is 72.9 Å². The number of rotatable bonds is 36. The van der Waals surface area contributed by atoms with Crippen LogP contribution in [-0.4, -0.2) is 37.2 Å². The van der Waals surface area contributed by atoms with Crippen LogP contribution in [0.3, 0.4) is 0 Å². The molecule has 0 aromatic carbocycles. The van der Waals surface area contributed by atoms with Crippen LogP contribution in [0, 0.1) is 0 Å². The molecule has 0 N–H and O–H groups in total. The second-order valence-electron chi connectivity index (χ2n) is 13.5. The Balaban J connectivity index is 4.55. The van der Waals surface area contributed by atoms with Gasteiger partial charge in [-0.15, -0.1) is 0 Å². The highest BCUT2D eigenvalue weighted by molar-refractivity contribution is 5.72. The Hall–Kier alpha value is -3.15. The third-order valence-electron chi connectivity index (χ3n) is 8.46. The van der Waals surface area contributed by atoms with Crippen LogP contribution in [0.25, 0.3) is 0 Å². The molecule has 1 atom stereocenters. The molecule has 6 nitrogen and oxygen atoms in total. The van der Waals surface area contributed by atoms with Crippen molar-refractivity contribution in [3.8, 4) is 0 Å². The lowest BCUT2D eigenvalue weighted by molar-refractivity contribution is -0.166. The summed E-state index contributed by atoms with van der Waals surface area (Å²) < 4.78 is 16.4. The molecule has 0 aliphatic rings. The molecule has 6 heteroatoms. The summed E-state index contributed by atoms with van der Waals surface area (Å²) in [4.78, 5) is 37.4. The van der Waals surface area contributed by atoms with E-state index in [9.17, 15) is 14.4 Å². The van der Waals surface area contributed by atoms with Gasteiger partial charge in [-0.2, -0.15) is 0 Å². The number of hydrogen-bond donors (Lipinski definition) is 0. The summed E-state index contributed by atoms with van der Waals surface area (Å²) in [6.07, 6.45) is 49.3. The molecule has 52 heavy (non-hydrogen) atoms. The fourth-order valence-corrected chi connectivity index (χ4v) is 5.31. The summed E-state index contributed by atoms with van der Waals surface area (Å²) in [6, 6.07) is 0. The summed E-state index contributed by atoms with van der Waals surface area (Å²) in [5.74, 6) is -1.15. The average molecular weight is 725 g/mol. The zero-order valence-corrected chi connectivity index (χ0v) is 33.5. The van der Waals surface area contributed by atoms with E-state index in [0.29, 0.717) is 12.8 Å². The topological polar surface area (TPSA) is 78.9 Å². The van der Waals surface area contributed by atoms with Gasteiger partial charge in [0.2, 0.25) is 0 Å². The highest BCUT2D eigenvalue weighted by Gasteiger charge is 2.19. The second kappa shape index (κ2) is 40.6. The zero-order chi connectivity index (χ0) is 38.0. The van der Waals surface area contributed by atoms with Crippen LogP contribution >= 0.6 is 0 Å². The van der Waals surface area contributed by atoms with Gasteiger partial charge in [-0.3, -0.25) is 14.4 Å². The van der Waals surface area contributed by atoms with Crippen molar-refractivity contribution in [2.24, 2.45) is 0 Å². The molecule has 0 heterocycles. The van der Waals surface area contributed by atoms with E-state index in [4.69, 9.17) is 14.2 Å². The number of ether oxygens (including phenoxy) is 3. The van der Waals surface area contributed by atoms with Gasteiger partial charge in [0.25, 0.3) is 0 Å². The van der Waals surface area contributed by atoms with Gasteiger partial charge in [0.1, 0.15) is 13.2 Å². The molecule has 0 fully saturated rings. The summed E-state index contributed by atoms with van der Waals surface area (Å²) in [5.41, 5.74) is 0. The lowest BCUT2D eigenvalue weighted by atomic mass is 10.1. The van der Waals surface area contributed by atoms with E-state index in [-0.39, 0.29) is 38.0 Å². The molecule has 0 aliphatic carbocycles. The van der Waals surface area contributed by atoms with Crippen LogP contribution < -0.4 is 0 Å². The first-order valence-corrected chi connectivity index (χ1v) is 20.9. The molecule has 0 spiro atoms. The average Bonchev–Trinajstić information content (AvgIpc) is 3.14. The maximum Gasteiger partial charge on any atom is 0.309 e. The van der Waals surface area contributed by atoms with Gasteiger partial charge in [-0.05, 0) is 77.0 Å². The maximum absolute atomic E-state index is 12.6. The fraction of sp³-hybridized carbons (Fsp3) is 0.674. The molecule has 296 valence electrons. The van der Waals surface area contributed by atoms with Crippen molar-refractivity contribution in [2.75, 3.05) is 13.2 Å². The third kappa shape index (κ3) is 38.1. The minimum atomic E-state index is -0.833. The van der Waals surface area contributed by atoms with E-state index in [1.165, 1.54) is 70.6 Å². The SMILES string of the molecule is CC/C=C\C/C=C\C/C=C\CC(=O)OCC(COC(=O)CC/C=C\C/C=C\CCCCCCCC)OC(=O)CCCCCCC/C=C\CCCCC. The minimum absolute atomic E-state index is 0.124. The number of hydrogen-bond acceptors (Lipinski definition) is 6. The predicted octanol–water partition coefficient (Wildman–Crippen LogP) is 13.1. The standard InChI is InChI=1S/C46H76O6/c1-4-7-10-13-16-19-21-23-25-27-30-33-36-39-45(48)51-42-43(41-50-44(47)38-35-32-29-26-18-15-12-9-6-3)52-46(49)40-37-34-31-28-24-22-20-17-14-11-8-5-2/h9,12,17-18,20,23,25-26,30,32-33,35,43H,4-8,10-11,13-16,19,21-22,24,27-29,31,34,36-42H2,1-3H3/b12-9-,20-17-,25-23-,26-18-,33-30-,35-32-. The summed E-state index contributed by atoms with van der Waals surface area (Å²) >= 11 is 0. The molecule has 1 unspecified atom stereocenters. The molecule has 0 aliphatic heterocycles. The molecule has 0 saturated heterocycles. The molecular formula is C46H76O6. The minimum Gasteiger partial charge on any atom is -0.462 e. The van der Waals surface area contributed by atoms with Crippen molar-refractivity contribution >= 4 is 17.9 Å². The van der Waals surface area contributed by atoms with E-state index in [1.807, 2.05) is 12.2 Å². The maximum atomic E-state index is 12.6. The van der Waals surface area contributed by atoms with E-state index in [0.717, 1.165) is 64.2 Å². The zero-order valence-electron chi connectivity index (χ0n) is 33.5. The lowest BCUT2D eigenvalue weighted by Gasteiger charge is -2.18. The highest BCUT2D eigenvalue weighted by Crippen LogP contribution is 2.11.